The van der Waals surface area contributed by atoms with Crippen molar-refractivity contribution in [1.82, 2.24) is 0 Å². The Labute approximate surface area is 122 Å². The highest BCUT2D eigenvalue weighted by molar-refractivity contribution is 14.1. The van der Waals surface area contributed by atoms with Crippen molar-refractivity contribution in [3.63, 3.8) is 0 Å². The van der Waals surface area contributed by atoms with Crippen LogP contribution in [0.1, 0.15) is 0 Å². The Balaban J connectivity index is 2.35. The second-order valence-electron chi connectivity index (χ2n) is 3.69. The van der Waals surface area contributed by atoms with E-state index in [4.69, 9.17) is 0 Å². The highest BCUT2D eigenvalue weighted by Gasteiger charge is 2.16. The number of hydrogen-bond acceptors (Lipinski definition) is 2. The summed E-state index contributed by atoms with van der Waals surface area (Å²) < 4.78 is 52.9. The van der Waals surface area contributed by atoms with Gasteiger partial charge in [0.25, 0.3) is 10.0 Å². The zero-order valence-corrected chi connectivity index (χ0v) is 12.4. The fourth-order valence-corrected chi connectivity index (χ4v) is 3.01. The molecule has 0 heterocycles. The number of benzene rings is 2. The Kier molecular flexibility index (Phi) is 4.04. The summed E-state index contributed by atoms with van der Waals surface area (Å²) in [5.74, 6) is -2.29. The molecule has 1 N–H and O–H groups in total. The highest BCUT2D eigenvalue weighted by Crippen LogP contribution is 2.19. The van der Waals surface area contributed by atoms with Gasteiger partial charge in [0.05, 0.1) is 4.90 Å². The van der Waals surface area contributed by atoms with Crippen LogP contribution in [0.5, 0.6) is 0 Å². The lowest BCUT2D eigenvalue weighted by Gasteiger charge is -2.08. The predicted molar refractivity (Wildman–Crippen MR) is 76.3 cm³/mol. The van der Waals surface area contributed by atoms with E-state index in [9.17, 15) is 17.2 Å². The van der Waals surface area contributed by atoms with Gasteiger partial charge in [0, 0.05) is 9.26 Å². The lowest BCUT2D eigenvalue weighted by molar-refractivity contribution is 0.504. The van der Waals surface area contributed by atoms with Crippen LogP contribution in [0.25, 0.3) is 0 Å². The molecule has 0 aliphatic rings. The van der Waals surface area contributed by atoms with Gasteiger partial charge in [0.1, 0.15) is 0 Å². The van der Waals surface area contributed by atoms with Crippen LogP contribution in [0.3, 0.4) is 0 Å². The Morgan fingerprint density at radius 3 is 2.37 bits per heavy atom. The minimum atomic E-state index is -3.93. The quantitative estimate of drug-likeness (QED) is 0.811. The number of sulfonamides is 1. The average Bonchev–Trinajstić information content (AvgIpc) is 2.32. The SMILES string of the molecule is O=S(=O)(Nc1cccc(I)c1)c1ccc(F)c(F)c1. The molecule has 0 amide bonds. The summed E-state index contributed by atoms with van der Waals surface area (Å²) in [5.41, 5.74) is 0.358. The van der Waals surface area contributed by atoms with Crippen LogP contribution in [0, 0.1) is 15.2 Å². The normalized spacial score (nSPS) is 11.3. The van der Waals surface area contributed by atoms with Crippen molar-refractivity contribution in [2.45, 2.75) is 4.90 Å². The van der Waals surface area contributed by atoms with Crippen LogP contribution in [0.4, 0.5) is 14.5 Å². The smallest absolute Gasteiger partial charge is 0.261 e. The first kappa shape index (κ1) is 14.2. The molecule has 0 saturated heterocycles. The van der Waals surface area contributed by atoms with Gasteiger partial charge in [-0.15, -0.1) is 0 Å². The molecule has 0 aromatic heterocycles. The van der Waals surface area contributed by atoms with Gasteiger partial charge >= 0.3 is 0 Å². The first-order valence-corrected chi connectivity index (χ1v) is 7.68. The zero-order chi connectivity index (χ0) is 14.0. The second kappa shape index (κ2) is 5.41. The van der Waals surface area contributed by atoms with Crippen molar-refractivity contribution in [3.8, 4) is 0 Å². The summed E-state index contributed by atoms with van der Waals surface area (Å²) in [6.07, 6.45) is 0. The summed E-state index contributed by atoms with van der Waals surface area (Å²) in [6.45, 7) is 0. The van der Waals surface area contributed by atoms with Crippen LogP contribution in [0.2, 0.25) is 0 Å². The number of nitrogens with one attached hydrogen (secondary N) is 1. The maximum atomic E-state index is 13.0. The number of hydrogen-bond donors (Lipinski definition) is 1. The minimum Gasteiger partial charge on any atom is -0.280 e. The molecule has 2 aromatic carbocycles. The van der Waals surface area contributed by atoms with Crippen LogP contribution in [0.15, 0.2) is 47.4 Å². The fraction of sp³-hybridized carbons (Fsp3) is 0. The molecule has 0 saturated carbocycles. The second-order valence-corrected chi connectivity index (χ2v) is 6.62. The predicted octanol–water partition coefficient (Wildman–Crippen LogP) is 3.37. The summed E-state index contributed by atoms with van der Waals surface area (Å²) in [7, 11) is -3.93. The molecule has 0 atom stereocenters. The van der Waals surface area contributed by atoms with Gasteiger partial charge in [0.2, 0.25) is 0 Å². The Morgan fingerprint density at radius 2 is 1.74 bits per heavy atom. The Bertz CT molecular complexity index is 719. The lowest BCUT2D eigenvalue weighted by atomic mass is 10.3. The molecule has 2 rings (SSSR count). The Hall–Kier alpha value is -1.22. The van der Waals surface area contributed by atoms with Gasteiger partial charge in [0.15, 0.2) is 11.6 Å². The largest absolute Gasteiger partial charge is 0.280 e. The van der Waals surface area contributed by atoms with Crippen molar-refractivity contribution >= 4 is 38.3 Å². The van der Waals surface area contributed by atoms with E-state index >= 15 is 0 Å². The molecular formula is C12H8F2INO2S. The van der Waals surface area contributed by atoms with Crippen molar-refractivity contribution < 1.29 is 17.2 Å². The molecule has 0 spiro atoms. The zero-order valence-electron chi connectivity index (χ0n) is 9.40. The summed E-state index contributed by atoms with van der Waals surface area (Å²) in [4.78, 5) is -0.328. The van der Waals surface area contributed by atoms with Gasteiger partial charge in [-0.1, -0.05) is 6.07 Å². The van der Waals surface area contributed by atoms with Crippen molar-refractivity contribution in [2.75, 3.05) is 4.72 Å². The third-order valence-corrected chi connectivity index (χ3v) is 4.33. The maximum absolute atomic E-state index is 13.0. The number of halogens is 3. The average molecular weight is 395 g/mol. The molecule has 19 heavy (non-hydrogen) atoms. The molecule has 100 valence electrons. The summed E-state index contributed by atoms with van der Waals surface area (Å²) >= 11 is 2.04. The van der Waals surface area contributed by atoms with E-state index in [0.29, 0.717) is 11.8 Å². The summed E-state index contributed by atoms with van der Waals surface area (Å²) in [5, 5.41) is 0. The first-order valence-electron chi connectivity index (χ1n) is 5.12. The van der Waals surface area contributed by atoms with E-state index in [0.717, 1.165) is 15.7 Å². The molecule has 7 heteroatoms. The van der Waals surface area contributed by atoms with E-state index in [-0.39, 0.29) is 4.90 Å². The minimum absolute atomic E-state index is 0.328. The highest BCUT2D eigenvalue weighted by atomic mass is 127. The molecule has 0 aliphatic heterocycles. The van der Waals surface area contributed by atoms with E-state index < -0.39 is 21.7 Å². The van der Waals surface area contributed by atoms with Gasteiger partial charge < -0.3 is 0 Å². The maximum Gasteiger partial charge on any atom is 0.261 e. The van der Waals surface area contributed by atoms with Crippen LogP contribution in [-0.2, 0) is 10.0 Å². The van der Waals surface area contributed by atoms with Crippen LogP contribution < -0.4 is 4.72 Å². The van der Waals surface area contributed by atoms with Gasteiger partial charge in [-0.25, -0.2) is 17.2 Å². The molecular weight excluding hydrogens is 387 g/mol. The number of rotatable bonds is 3. The molecule has 3 nitrogen and oxygen atoms in total. The van der Waals surface area contributed by atoms with Crippen LogP contribution in [-0.4, -0.2) is 8.42 Å². The first-order chi connectivity index (χ1) is 8.88. The molecule has 0 aliphatic carbocycles. The molecule has 0 unspecified atom stereocenters. The van der Waals surface area contributed by atoms with Gasteiger partial charge in [-0.3, -0.25) is 4.72 Å². The fourth-order valence-electron chi connectivity index (χ4n) is 1.41. The van der Waals surface area contributed by atoms with Gasteiger partial charge in [-0.05, 0) is 59.0 Å². The van der Waals surface area contributed by atoms with Crippen molar-refractivity contribution in [3.05, 3.63) is 57.7 Å². The van der Waals surface area contributed by atoms with Gasteiger partial charge in [-0.2, -0.15) is 0 Å². The van der Waals surface area contributed by atoms with E-state index in [2.05, 4.69) is 4.72 Å². The molecule has 2 aromatic rings. The topological polar surface area (TPSA) is 46.2 Å². The lowest BCUT2D eigenvalue weighted by Crippen LogP contribution is -2.13. The van der Waals surface area contributed by atoms with Crippen LogP contribution >= 0.6 is 22.6 Å². The van der Waals surface area contributed by atoms with E-state index in [1.165, 1.54) is 0 Å². The third-order valence-electron chi connectivity index (χ3n) is 2.28. The van der Waals surface area contributed by atoms with E-state index in [1.807, 2.05) is 22.6 Å². The van der Waals surface area contributed by atoms with Crippen molar-refractivity contribution in [2.24, 2.45) is 0 Å². The Morgan fingerprint density at radius 1 is 1.00 bits per heavy atom. The molecule has 0 bridgehead atoms. The molecule has 0 fully saturated rings. The van der Waals surface area contributed by atoms with Crippen molar-refractivity contribution in [1.29, 1.82) is 0 Å². The molecule has 0 radical (unpaired) electrons. The standard InChI is InChI=1S/C12H8F2INO2S/c13-11-5-4-10(7-12(11)14)19(17,18)16-9-3-1-2-8(15)6-9/h1-7,16H. The van der Waals surface area contributed by atoms with E-state index in [1.54, 1.807) is 24.3 Å². The monoisotopic (exact) mass is 395 g/mol. The number of anilines is 1. The third kappa shape index (κ3) is 3.41. The summed E-state index contributed by atoms with van der Waals surface area (Å²) in [6, 6.07) is 9.11.